The molecule has 1 atom stereocenters. The van der Waals surface area contributed by atoms with Gasteiger partial charge in [-0.3, -0.25) is 4.79 Å². The third-order valence-corrected chi connectivity index (χ3v) is 2.16. The summed E-state index contributed by atoms with van der Waals surface area (Å²) < 4.78 is 0. The zero-order valence-electron chi connectivity index (χ0n) is 6.92. The molecule has 10 heavy (non-hydrogen) atoms. The maximum absolute atomic E-state index is 10.4. The Balaban J connectivity index is 2.60. The minimum Gasteiger partial charge on any atom is -0.342 e. The van der Waals surface area contributed by atoms with Crippen LogP contribution in [0.5, 0.6) is 0 Å². The van der Waals surface area contributed by atoms with E-state index in [2.05, 4.69) is 20.8 Å². The highest BCUT2D eigenvalue weighted by molar-refractivity contribution is 5.48. The van der Waals surface area contributed by atoms with Gasteiger partial charge in [0.15, 0.2) is 0 Å². The van der Waals surface area contributed by atoms with Gasteiger partial charge in [0, 0.05) is 12.6 Å². The van der Waals surface area contributed by atoms with Gasteiger partial charge >= 0.3 is 0 Å². The Kier molecular flexibility index (Phi) is 1.71. The fraction of sp³-hybridized carbons (Fsp3) is 0.875. The summed E-state index contributed by atoms with van der Waals surface area (Å²) in [5.41, 5.74) is 0.334. The molecule has 0 aromatic heterocycles. The van der Waals surface area contributed by atoms with Crippen LogP contribution in [-0.2, 0) is 4.79 Å². The van der Waals surface area contributed by atoms with Crippen LogP contribution in [0.2, 0.25) is 0 Å². The number of hydrogen-bond donors (Lipinski definition) is 0. The van der Waals surface area contributed by atoms with Gasteiger partial charge in [-0.25, -0.2) is 0 Å². The summed E-state index contributed by atoms with van der Waals surface area (Å²) in [6.07, 6.45) is 2.09. The van der Waals surface area contributed by atoms with E-state index in [9.17, 15) is 4.79 Å². The molecule has 0 aromatic rings. The predicted molar refractivity (Wildman–Crippen MR) is 40.6 cm³/mol. The lowest BCUT2D eigenvalue weighted by Crippen LogP contribution is -2.26. The second-order valence-corrected chi connectivity index (χ2v) is 4.00. The minimum atomic E-state index is 0.334. The monoisotopic (exact) mass is 141 g/mol. The van der Waals surface area contributed by atoms with E-state index in [0.29, 0.717) is 11.5 Å². The number of carbonyl (C=O) groups excluding carboxylic acids is 1. The summed E-state index contributed by atoms with van der Waals surface area (Å²) in [5.74, 6) is 0. The molecule has 1 saturated heterocycles. The van der Waals surface area contributed by atoms with Crippen molar-refractivity contribution in [2.45, 2.75) is 33.2 Å². The van der Waals surface area contributed by atoms with Gasteiger partial charge in [-0.2, -0.15) is 0 Å². The molecule has 1 aliphatic rings. The van der Waals surface area contributed by atoms with Gasteiger partial charge in [-0.15, -0.1) is 0 Å². The SMILES string of the molecule is CC1CC(C)(C)CN1C=O. The molecule has 0 N–H and O–H groups in total. The third-order valence-electron chi connectivity index (χ3n) is 2.16. The molecule has 1 amide bonds. The molecule has 1 aliphatic heterocycles. The van der Waals surface area contributed by atoms with E-state index < -0.39 is 0 Å². The van der Waals surface area contributed by atoms with Crippen LogP contribution in [0.4, 0.5) is 0 Å². The van der Waals surface area contributed by atoms with Crippen molar-refractivity contribution in [1.29, 1.82) is 0 Å². The van der Waals surface area contributed by atoms with Crippen molar-refractivity contribution in [3.05, 3.63) is 0 Å². The lowest BCUT2D eigenvalue weighted by molar-refractivity contribution is -0.118. The van der Waals surface area contributed by atoms with Gasteiger partial charge in [0.1, 0.15) is 0 Å². The van der Waals surface area contributed by atoms with Crippen molar-refractivity contribution in [2.75, 3.05) is 6.54 Å². The first-order valence-electron chi connectivity index (χ1n) is 3.76. The zero-order chi connectivity index (χ0) is 7.78. The first-order chi connectivity index (χ1) is 4.55. The molecule has 1 unspecified atom stereocenters. The van der Waals surface area contributed by atoms with Crippen LogP contribution in [-0.4, -0.2) is 23.9 Å². The molecule has 0 aromatic carbocycles. The van der Waals surface area contributed by atoms with Crippen LogP contribution < -0.4 is 0 Å². The smallest absolute Gasteiger partial charge is 0.209 e. The zero-order valence-corrected chi connectivity index (χ0v) is 6.92. The molecule has 0 saturated carbocycles. The molecule has 0 spiro atoms. The van der Waals surface area contributed by atoms with Gasteiger partial charge in [-0.1, -0.05) is 13.8 Å². The van der Waals surface area contributed by atoms with Crippen LogP contribution in [0.1, 0.15) is 27.2 Å². The van der Waals surface area contributed by atoms with E-state index in [1.165, 1.54) is 0 Å². The van der Waals surface area contributed by atoms with Crippen LogP contribution >= 0.6 is 0 Å². The van der Waals surface area contributed by atoms with E-state index in [0.717, 1.165) is 19.4 Å². The van der Waals surface area contributed by atoms with Crippen LogP contribution in [0.25, 0.3) is 0 Å². The van der Waals surface area contributed by atoms with Crippen LogP contribution in [0, 0.1) is 5.41 Å². The first kappa shape index (κ1) is 7.58. The van der Waals surface area contributed by atoms with E-state index in [4.69, 9.17) is 0 Å². The van der Waals surface area contributed by atoms with Crippen molar-refractivity contribution < 1.29 is 4.79 Å². The van der Waals surface area contributed by atoms with Gasteiger partial charge in [0.2, 0.25) is 6.41 Å². The summed E-state index contributed by atoms with van der Waals surface area (Å²) in [6, 6.07) is 0.437. The van der Waals surface area contributed by atoms with Gasteiger partial charge in [-0.05, 0) is 18.8 Å². The molecule has 58 valence electrons. The highest BCUT2D eigenvalue weighted by Gasteiger charge is 2.33. The summed E-state index contributed by atoms with van der Waals surface area (Å²) in [7, 11) is 0. The molecule has 0 aliphatic carbocycles. The van der Waals surface area contributed by atoms with Crippen LogP contribution in [0.15, 0.2) is 0 Å². The second kappa shape index (κ2) is 2.26. The molecule has 2 nitrogen and oxygen atoms in total. The average Bonchev–Trinajstić information content (AvgIpc) is 2.05. The number of nitrogens with zero attached hydrogens (tertiary/aromatic N) is 1. The summed E-state index contributed by atoms with van der Waals surface area (Å²) in [6.45, 7) is 7.42. The summed E-state index contributed by atoms with van der Waals surface area (Å²) in [5, 5.41) is 0. The molecular weight excluding hydrogens is 126 g/mol. The maximum Gasteiger partial charge on any atom is 0.209 e. The van der Waals surface area contributed by atoms with E-state index in [1.807, 2.05) is 4.90 Å². The van der Waals surface area contributed by atoms with E-state index in [1.54, 1.807) is 0 Å². The van der Waals surface area contributed by atoms with E-state index >= 15 is 0 Å². The Morgan fingerprint density at radius 3 is 2.40 bits per heavy atom. The Morgan fingerprint density at radius 2 is 2.20 bits per heavy atom. The highest BCUT2D eigenvalue weighted by Crippen LogP contribution is 2.32. The Hall–Kier alpha value is -0.530. The topological polar surface area (TPSA) is 20.3 Å². The van der Waals surface area contributed by atoms with E-state index in [-0.39, 0.29) is 0 Å². The fourth-order valence-corrected chi connectivity index (χ4v) is 1.77. The largest absolute Gasteiger partial charge is 0.342 e. The normalized spacial score (nSPS) is 30.7. The number of hydrogen-bond acceptors (Lipinski definition) is 1. The van der Waals surface area contributed by atoms with Gasteiger partial charge < -0.3 is 4.90 Å². The van der Waals surface area contributed by atoms with Gasteiger partial charge in [0.05, 0.1) is 0 Å². The second-order valence-electron chi connectivity index (χ2n) is 4.00. The molecule has 1 fully saturated rings. The Bertz CT molecular complexity index is 142. The number of rotatable bonds is 1. The first-order valence-corrected chi connectivity index (χ1v) is 3.76. The summed E-state index contributed by atoms with van der Waals surface area (Å²) >= 11 is 0. The standard InChI is InChI=1S/C8H15NO/c1-7-4-8(2,3)5-9(7)6-10/h6-7H,4-5H2,1-3H3. The number of carbonyl (C=O) groups is 1. The quantitative estimate of drug-likeness (QED) is 0.503. The number of likely N-dealkylation sites (tertiary alicyclic amines) is 1. The molecule has 2 heteroatoms. The molecular formula is C8H15NO. The van der Waals surface area contributed by atoms with Crippen molar-refractivity contribution >= 4 is 6.41 Å². The molecule has 0 radical (unpaired) electrons. The van der Waals surface area contributed by atoms with Crippen molar-refractivity contribution in [3.8, 4) is 0 Å². The third kappa shape index (κ3) is 1.31. The number of amides is 1. The van der Waals surface area contributed by atoms with Gasteiger partial charge in [0.25, 0.3) is 0 Å². The predicted octanol–water partition coefficient (Wildman–Crippen LogP) is 1.26. The minimum absolute atomic E-state index is 0.334. The fourth-order valence-electron chi connectivity index (χ4n) is 1.77. The highest BCUT2D eigenvalue weighted by atomic mass is 16.1. The Morgan fingerprint density at radius 1 is 1.60 bits per heavy atom. The maximum atomic E-state index is 10.4. The van der Waals surface area contributed by atoms with Crippen molar-refractivity contribution in [2.24, 2.45) is 5.41 Å². The summed E-state index contributed by atoms with van der Waals surface area (Å²) in [4.78, 5) is 12.3. The molecule has 1 rings (SSSR count). The molecule has 1 heterocycles. The lowest BCUT2D eigenvalue weighted by atomic mass is 9.91. The Labute approximate surface area is 62.2 Å². The molecule has 0 bridgehead atoms. The van der Waals surface area contributed by atoms with Crippen molar-refractivity contribution in [3.63, 3.8) is 0 Å². The van der Waals surface area contributed by atoms with Crippen LogP contribution in [0.3, 0.4) is 0 Å². The lowest BCUT2D eigenvalue weighted by Gasteiger charge is -2.16. The van der Waals surface area contributed by atoms with Crippen molar-refractivity contribution in [1.82, 2.24) is 4.90 Å². The average molecular weight is 141 g/mol.